The molecule has 0 aromatic carbocycles. The fourth-order valence-corrected chi connectivity index (χ4v) is 1.91. The average Bonchev–Trinajstić information content (AvgIpc) is 1.96. The van der Waals surface area contributed by atoms with E-state index < -0.39 is 0 Å². The van der Waals surface area contributed by atoms with Gasteiger partial charge in [0, 0.05) is 6.42 Å². The summed E-state index contributed by atoms with van der Waals surface area (Å²) in [5.41, 5.74) is -0.359. The van der Waals surface area contributed by atoms with Crippen molar-refractivity contribution in [1.29, 1.82) is 0 Å². The van der Waals surface area contributed by atoms with Crippen LogP contribution in [0.5, 0.6) is 0 Å². The summed E-state index contributed by atoms with van der Waals surface area (Å²) in [4.78, 5) is 11.5. The molecule has 0 aliphatic rings. The lowest BCUT2D eigenvalue weighted by atomic mass is 10.1. The zero-order valence-electron chi connectivity index (χ0n) is 10.8. The van der Waals surface area contributed by atoms with E-state index >= 15 is 0 Å². The minimum absolute atomic E-state index is 0.0839. The molecule has 0 aliphatic heterocycles. The van der Waals surface area contributed by atoms with Gasteiger partial charge in [-0.25, -0.2) is 0 Å². The lowest BCUT2D eigenvalue weighted by molar-refractivity contribution is -0.155. The SMILES string of the molecule is CC(C)SC[C@@H](C)CC(=O)OC(C)(C)C. The third-order valence-electron chi connectivity index (χ3n) is 1.65. The Labute approximate surface area is 98.2 Å². The van der Waals surface area contributed by atoms with Crippen LogP contribution in [0.2, 0.25) is 0 Å². The summed E-state index contributed by atoms with van der Waals surface area (Å²) in [5, 5.41) is 0.631. The summed E-state index contributed by atoms with van der Waals surface area (Å²) in [6, 6.07) is 0. The maximum absolute atomic E-state index is 11.5. The maximum atomic E-state index is 11.5. The lowest BCUT2D eigenvalue weighted by Crippen LogP contribution is -2.25. The molecule has 0 N–H and O–H groups in total. The molecule has 15 heavy (non-hydrogen) atoms. The molecule has 1 atom stereocenters. The van der Waals surface area contributed by atoms with Crippen molar-refractivity contribution in [2.75, 3.05) is 5.75 Å². The Bertz CT molecular complexity index is 194. The van der Waals surface area contributed by atoms with E-state index in [0.717, 1.165) is 5.75 Å². The molecule has 0 heterocycles. The van der Waals surface area contributed by atoms with Crippen LogP contribution in [-0.4, -0.2) is 22.6 Å². The monoisotopic (exact) mass is 232 g/mol. The predicted octanol–water partition coefficient (Wildman–Crippen LogP) is 3.50. The summed E-state index contributed by atoms with van der Waals surface area (Å²) in [5.74, 6) is 1.34. The molecule has 0 unspecified atom stereocenters. The summed E-state index contributed by atoms with van der Waals surface area (Å²) < 4.78 is 5.27. The van der Waals surface area contributed by atoms with Crippen molar-refractivity contribution in [2.45, 2.75) is 58.8 Å². The van der Waals surface area contributed by atoms with Crippen LogP contribution in [0, 0.1) is 5.92 Å². The van der Waals surface area contributed by atoms with Gasteiger partial charge in [-0.15, -0.1) is 0 Å². The van der Waals surface area contributed by atoms with Gasteiger partial charge in [0.1, 0.15) is 5.60 Å². The molecular formula is C12H24O2S. The van der Waals surface area contributed by atoms with Crippen LogP contribution in [0.25, 0.3) is 0 Å². The van der Waals surface area contributed by atoms with E-state index in [-0.39, 0.29) is 11.6 Å². The molecule has 0 amide bonds. The largest absolute Gasteiger partial charge is 0.460 e. The van der Waals surface area contributed by atoms with E-state index in [1.54, 1.807) is 0 Å². The van der Waals surface area contributed by atoms with Gasteiger partial charge in [-0.2, -0.15) is 11.8 Å². The van der Waals surface area contributed by atoms with Crippen molar-refractivity contribution in [3.05, 3.63) is 0 Å². The molecule has 2 nitrogen and oxygen atoms in total. The third kappa shape index (κ3) is 10.1. The van der Waals surface area contributed by atoms with Gasteiger partial charge in [0.2, 0.25) is 0 Å². The normalized spacial score (nSPS) is 14.1. The molecule has 0 radical (unpaired) electrons. The third-order valence-corrected chi connectivity index (χ3v) is 3.08. The van der Waals surface area contributed by atoms with Crippen LogP contribution in [0.3, 0.4) is 0 Å². The zero-order chi connectivity index (χ0) is 12.1. The minimum Gasteiger partial charge on any atom is -0.460 e. The Morgan fingerprint density at radius 2 is 1.80 bits per heavy atom. The Morgan fingerprint density at radius 1 is 1.27 bits per heavy atom. The fraction of sp³-hybridized carbons (Fsp3) is 0.917. The number of hydrogen-bond donors (Lipinski definition) is 0. The molecule has 0 saturated heterocycles. The summed E-state index contributed by atoms with van der Waals surface area (Å²) >= 11 is 1.89. The van der Waals surface area contributed by atoms with Crippen LogP contribution in [-0.2, 0) is 9.53 Å². The van der Waals surface area contributed by atoms with Crippen LogP contribution in [0.15, 0.2) is 0 Å². The van der Waals surface area contributed by atoms with E-state index in [1.807, 2.05) is 32.5 Å². The summed E-state index contributed by atoms with van der Waals surface area (Å²) in [6.45, 7) is 12.1. The van der Waals surface area contributed by atoms with E-state index in [1.165, 1.54) is 0 Å². The maximum Gasteiger partial charge on any atom is 0.306 e. The second kappa shape index (κ2) is 6.41. The standard InChI is InChI=1S/C12H24O2S/c1-9(2)15-8-10(3)7-11(13)14-12(4,5)6/h9-10H,7-8H2,1-6H3/t10-/m0/s1. The highest BCUT2D eigenvalue weighted by atomic mass is 32.2. The van der Waals surface area contributed by atoms with Crippen molar-refractivity contribution in [1.82, 2.24) is 0 Å². The molecule has 0 spiro atoms. The number of esters is 1. The summed E-state index contributed by atoms with van der Waals surface area (Å²) in [7, 11) is 0. The van der Waals surface area contributed by atoms with Gasteiger partial charge >= 0.3 is 5.97 Å². The smallest absolute Gasteiger partial charge is 0.306 e. The Morgan fingerprint density at radius 3 is 2.20 bits per heavy atom. The molecule has 0 saturated carbocycles. The first kappa shape index (κ1) is 14.8. The first-order chi connectivity index (χ1) is 6.70. The van der Waals surface area contributed by atoms with Gasteiger partial charge < -0.3 is 4.74 Å². The molecule has 0 aromatic rings. The molecular weight excluding hydrogens is 208 g/mol. The van der Waals surface area contributed by atoms with E-state index in [4.69, 9.17) is 4.74 Å². The fourth-order valence-electron chi connectivity index (χ4n) is 1.08. The average molecular weight is 232 g/mol. The highest BCUT2D eigenvalue weighted by Gasteiger charge is 2.18. The highest BCUT2D eigenvalue weighted by Crippen LogP contribution is 2.18. The first-order valence-electron chi connectivity index (χ1n) is 5.54. The van der Waals surface area contributed by atoms with Crippen molar-refractivity contribution >= 4 is 17.7 Å². The number of thioether (sulfide) groups is 1. The van der Waals surface area contributed by atoms with Crippen molar-refractivity contribution < 1.29 is 9.53 Å². The van der Waals surface area contributed by atoms with E-state index in [9.17, 15) is 4.79 Å². The van der Waals surface area contributed by atoms with Crippen molar-refractivity contribution in [3.63, 3.8) is 0 Å². The van der Waals surface area contributed by atoms with Crippen LogP contribution in [0.4, 0.5) is 0 Å². The molecule has 0 aliphatic carbocycles. The second-order valence-electron chi connectivity index (χ2n) is 5.28. The Balaban J connectivity index is 3.77. The molecule has 0 aromatic heterocycles. The highest BCUT2D eigenvalue weighted by molar-refractivity contribution is 7.99. The van der Waals surface area contributed by atoms with Gasteiger partial charge in [0.25, 0.3) is 0 Å². The van der Waals surface area contributed by atoms with Crippen LogP contribution >= 0.6 is 11.8 Å². The van der Waals surface area contributed by atoms with Crippen LogP contribution < -0.4 is 0 Å². The van der Waals surface area contributed by atoms with Gasteiger partial charge in [0.05, 0.1) is 0 Å². The number of rotatable bonds is 5. The number of hydrogen-bond acceptors (Lipinski definition) is 3. The topological polar surface area (TPSA) is 26.3 Å². The molecule has 0 bridgehead atoms. The number of carbonyl (C=O) groups is 1. The molecule has 0 rings (SSSR count). The summed E-state index contributed by atoms with van der Waals surface area (Å²) in [6.07, 6.45) is 0.525. The molecule has 0 fully saturated rings. The van der Waals surface area contributed by atoms with Gasteiger partial charge in [-0.1, -0.05) is 20.8 Å². The predicted molar refractivity (Wildman–Crippen MR) is 67.2 cm³/mol. The van der Waals surface area contributed by atoms with Gasteiger partial charge in [-0.05, 0) is 37.7 Å². The Kier molecular flexibility index (Phi) is 6.34. The number of ether oxygens (including phenoxy) is 1. The minimum atomic E-state index is -0.359. The first-order valence-corrected chi connectivity index (χ1v) is 6.59. The molecule has 3 heteroatoms. The van der Waals surface area contributed by atoms with Gasteiger partial charge in [-0.3, -0.25) is 4.79 Å². The Hall–Kier alpha value is -0.180. The molecule has 90 valence electrons. The lowest BCUT2D eigenvalue weighted by Gasteiger charge is -2.21. The van der Waals surface area contributed by atoms with E-state index in [0.29, 0.717) is 17.6 Å². The van der Waals surface area contributed by atoms with Crippen molar-refractivity contribution in [2.24, 2.45) is 5.92 Å². The zero-order valence-corrected chi connectivity index (χ0v) is 11.6. The van der Waals surface area contributed by atoms with Gasteiger partial charge in [0.15, 0.2) is 0 Å². The second-order valence-corrected chi connectivity index (χ2v) is 6.89. The van der Waals surface area contributed by atoms with Crippen LogP contribution in [0.1, 0.15) is 48.0 Å². The van der Waals surface area contributed by atoms with E-state index in [2.05, 4.69) is 20.8 Å². The quantitative estimate of drug-likeness (QED) is 0.679. The van der Waals surface area contributed by atoms with Crippen molar-refractivity contribution in [3.8, 4) is 0 Å². The number of carbonyl (C=O) groups excluding carboxylic acids is 1.